The third kappa shape index (κ3) is 17.3. The normalized spacial score (nSPS) is 12.1. The summed E-state index contributed by atoms with van der Waals surface area (Å²) in [5.74, 6) is -0.141. The van der Waals surface area contributed by atoms with Crippen molar-refractivity contribution in [2.45, 2.75) is 116 Å². The van der Waals surface area contributed by atoms with Crippen LogP contribution in [0.4, 0.5) is 0 Å². The molecule has 0 bridgehead atoms. The summed E-state index contributed by atoms with van der Waals surface area (Å²) in [6.07, 6.45) is 19.2. The Bertz CT molecular complexity index is 276. The molecule has 0 aromatic rings. The van der Waals surface area contributed by atoms with E-state index in [2.05, 4.69) is 6.92 Å². The van der Waals surface area contributed by atoms with E-state index in [1.54, 1.807) is 0 Å². The van der Waals surface area contributed by atoms with Crippen LogP contribution in [0, 0.1) is 0 Å². The van der Waals surface area contributed by atoms with Crippen LogP contribution in [0.2, 0.25) is 0 Å². The fourth-order valence-electron chi connectivity index (χ4n) is 2.93. The Morgan fingerprint density at radius 3 is 1.78 bits per heavy atom. The minimum absolute atomic E-state index is 0.129. The lowest BCUT2D eigenvalue weighted by Gasteiger charge is -2.17. The standard InChI is InChI=1S/C20H37O3/c1-3-4-5-13-16-20(23-19(2)22)17-14-11-9-7-6-8-10-12-15-18-21/h20H,3-17H2,1-2H3. The highest BCUT2D eigenvalue weighted by molar-refractivity contribution is 5.66. The molecular weight excluding hydrogens is 288 g/mol. The first kappa shape index (κ1) is 22.1. The topological polar surface area (TPSA) is 43.4 Å². The van der Waals surface area contributed by atoms with E-state index in [-0.39, 0.29) is 12.1 Å². The lowest BCUT2D eigenvalue weighted by molar-refractivity contribution is -0.147. The molecule has 1 radical (unpaired) electrons. The minimum atomic E-state index is -0.141. The lowest BCUT2D eigenvalue weighted by atomic mass is 10.0. The zero-order valence-corrected chi connectivity index (χ0v) is 15.4. The smallest absolute Gasteiger partial charge is 0.302 e. The summed E-state index contributed by atoms with van der Waals surface area (Å²) in [5, 5.41) is 0. The van der Waals surface area contributed by atoms with Gasteiger partial charge in [0.2, 0.25) is 0 Å². The van der Waals surface area contributed by atoms with Crippen molar-refractivity contribution in [2.75, 3.05) is 0 Å². The average molecular weight is 326 g/mol. The van der Waals surface area contributed by atoms with Crippen LogP contribution >= 0.6 is 0 Å². The first-order chi connectivity index (χ1) is 11.2. The van der Waals surface area contributed by atoms with Crippen molar-refractivity contribution in [3.05, 3.63) is 0 Å². The lowest BCUT2D eigenvalue weighted by Crippen LogP contribution is -2.16. The third-order valence-electron chi connectivity index (χ3n) is 4.27. The van der Waals surface area contributed by atoms with Crippen molar-refractivity contribution >= 4 is 12.3 Å². The van der Waals surface area contributed by atoms with E-state index in [1.807, 2.05) is 6.29 Å². The van der Waals surface area contributed by atoms with E-state index in [4.69, 9.17) is 4.74 Å². The van der Waals surface area contributed by atoms with Crippen molar-refractivity contribution in [3.8, 4) is 0 Å². The van der Waals surface area contributed by atoms with Gasteiger partial charge in [0.1, 0.15) is 6.10 Å². The molecule has 3 heteroatoms. The largest absolute Gasteiger partial charge is 0.463 e. The molecule has 0 aliphatic carbocycles. The fraction of sp³-hybridized carbons (Fsp3) is 0.900. The quantitative estimate of drug-likeness (QED) is 0.247. The van der Waals surface area contributed by atoms with Gasteiger partial charge in [-0.05, 0) is 32.1 Å². The Kier molecular flexibility index (Phi) is 16.8. The van der Waals surface area contributed by atoms with Crippen LogP contribution in [0.25, 0.3) is 0 Å². The molecule has 0 aromatic heterocycles. The van der Waals surface area contributed by atoms with Crippen LogP contribution in [0.1, 0.15) is 110 Å². The molecule has 23 heavy (non-hydrogen) atoms. The zero-order chi connectivity index (χ0) is 17.2. The van der Waals surface area contributed by atoms with Crippen molar-refractivity contribution in [3.63, 3.8) is 0 Å². The Labute approximate surface area is 143 Å². The van der Waals surface area contributed by atoms with Gasteiger partial charge in [0.15, 0.2) is 6.29 Å². The van der Waals surface area contributed by atoms with Gasteiger partial charge in [0.05, 0.1) is 0 Å². The van der Waals surface area contributed by atoms with Crippen LogP contribution in [-0.4, -0.2) is 18.4 Å². The highest BCUT2D eigenvalue weighted by atomic mass is 16.5. The summed E-state index contributed by atoms with van der Waals surface area (Å²) in [7, 11) is 0. The molecule has 3 nitrogen and oxygen atoms in total. The van der Waals surface area contributed by atoms with Crippen LogP contribution in [0.3, 0.4) is 0 Å². The molecule has 0 saturated heterocycles. The molecule has 0 N–H and O–H groups in total. The van der Waals surface area contributed by atoms with Gasteiger partial charge in [-0.15, -0.1) is 0 Å². The number of rotatable bonds is 17. The average Bonchev–Trinajstić information content (AvgIpc) is 2.52. The summed E-state index contributed by atoms with van der Waals surface area (Å²) in [5.41, 5.74) is 0. The van der Waals surface area contributed by atoms with Gasteiger partial charge in [0.25, 0.3) is 0 Å². The number of hydrogen-bond acceptors (Lipinski definition) is 3. The summed E-state index contributed by atoms with van der Waals surface area (Å²) in [6.45, 7) is 3.73. The molecule has 1 unspecified atom stereocenters. The molecular formula is C20H37O3. The summed E-state index contributed by atoms with van der Waals surface area (Å²) in [4.78, 5) is 21.3. The predicted molar refractivity (Wildman–Crippen MR) is 96.2 cm³/mol. The maximum atomic E-state index is 11.2. The molecule has 1 atom stereocenters. The number of carbonyl (C=O) groups is 1. The van der Waals surface area contributed by atoms with Crippen molar-refractivity contribution in [1.29, 1.82) is 0 Å². The van der Waals surface area contributed by atoms with Gasteiger partial charge >= 0.3 is 5.97 Å². The summed E-state index contributed by atoms with van der Waals surface area (Å²) >= 11 is 0. The molecule has 0 amide bonds. The van der Waals surface area contributed by atoms with E-state index in [9.17, 15) is 9.59 Å². The molecule has 0 aromatic carbocycles. The van der Waals surface area contributed by atoms with Gasteiger partial charge in [-0.25, -0.2) is 0 Å². The summed E-state index contributed by atoms with van der Waals surface area (Å²) in [6, 6.07) is 0. The van der Waals surface area contributed by atoms with Gasteiger partial charge in [-0.1, -0.05) is 64.7 Å². The minimum Gasteiger partial charge on any atom is -0.463 e. The highest BCUT2D eigenvalue weighted by Gasteiger charge is 2.11. The van der Waals surface area contributed by atoms with Gasteiger partial charge in [-0.2, -0.15) is 0 Å². The van der Waals surface area contributed by atoms with E-state index in [0.29, 0.717) is 6.42 Å². The van der Waals surface area contributed by atoms with Crippen molar-refractivity contribution in [1.82, 2.24) is 0 Å². The van der Waals surface area contributed by atoms with E-state index >= 15 is 0 Å². The first-order valence-electron chi connectivity index (χ1n) is 9.73. The maximum Gasteiger partial charge on any atom is 0.302 e. The Morgan fingerprint density at radius 1 is 0.826 bits per heavy atom. The van der Waals surface area contributed by atoms with Gasteiger partial charge in [-0.3, -0.25) is 9.59 Å². The van der Waals surface area contributed by atoms with Crippen LogP contribution < -0.4 is 0 Å². The van der Waals surface area contributed by atoms with Gasteiger partial charge < -0.3 is 4.74 Å². The predicted octanol–water partition coefficient (Wildman–Crippen LogP) is 5.90. The number of hydrogen-bond donors (Lipinski definition) is 0. The molecule has 0 aliphatic rings. The van der Waals surface area contributed by atoms with Crippen LogP contribution in [-0.2, 0) is 14.3 Å². The summed E-state index contributed by atoms with van der Waals surface area (Å²) < 4.78 is 5.44. The molecule has 0 heterocycles. The number of ether oxygens (including phenoxy) is 1. The number of unbranched alkanes of at least 4 members (excludes halogenated alkanes) is 11. The number of carbonyl (C=O) groups excluding carboxylic acids is 2. The molecule has 0 rings (SSSR count). The van der Waals surface area contributed by atoms with Crippen LogP contribution in [0.5, 0.6) is 0 Å². The fourth-order valence-corrected chi connectivity index (χ4v) is 2.93. The van der Waals surface area contributed by atoms with E-state index < -0.39 is 0 Å². The molecule has 0 fully saturated rings. The molecule has 0 spiro atoms. The Morgan fingerprint density at radius 2 is 1.30 bits per heavy atom. The Hall–Kier alpha value is -0.860. The zero-order valence-electron chi connectivity index (χ0n) is 15.4. The number of esters is 1. The SMILES string of the molecule is CCCCCCC(CCCCCCCCCC[C]=O)OC(C)=O. The monoisotopic (exact) mass is 325 g/mol. The Balaban J connectivity index is 3.53. The second-order valence-corrected chi connectivity index (χ2v) is 6.59. The van der Waals surface area contributed by atoms with Crippen molar-refractivity contribution < 1.29 is 14.3 Å². The highest BCUT2D eigenvalue weighted by Crippen LogP contribution is 2.16. The maximum absolute atomic E-state index is 11.2. The van der Waals surface area contributed by atoms with Gasteiger partial charge in [0, 0.05) is 13.3 Å². The van der Waals surface area contributed by atoms with Crippen LogP contribution in [0.15, 0.2) is 0 Å². The first-order valence-corrected chi connectivity index (χ1v) is 9.73. The second kappa shape index (κ2) is 17.5. The van der Waals surface area contributed by atoms with E-state index in [0.717, 1.165) is 32.1 Å². The third-order valence-corrected chi connectivity index (χ3v) is 4.27. The molecule has 0 aliphatic heterocycles. The second-order valence-electron chi connectivity index (χ2n) is 6.59. The molecule has 135 valence electrons. The van der Waals surface area contributed by atoms with E-state index in [1.165, 1.54) is 64.7 Å². The molecule has 0 saturated carbocycles. The van der Waals surface area contributed by atoms with Crippen molar-refractivity contribution in [2.24, 2.45) is 0 Å².